The summed E-state index contributed by atoms with van der Waals surface area (Å²) in [7, 11) is 0. The lowest BCUT2D eigenvalue weighted by Crippen LogP contribution is -2.49. The molecule has 72 valence electrons. The topological polar surface area (TPSA) is 26.0 Å². The Balaban J connectivity index is 2.35. The second-order valence-corrected chi connectivity index (χ2v) is 4.02. The fourth-order valence-corrected chi connectivity index (χ4v) is 2.27. The van der Waals surface area contributed by atoms with E-state index in [0.717, 1.165) is 12.8 Å². The Labute approximate surface area is 85.3 Å². The molecule has 1 atom stereocenters. The molecule has 0 radical (unpaired) electrons. The summed E-state index contributed by atoms with van der Waals surface area (Å²) in [5.74, 6) is 2.68. The average molecular weight is 185 g/mol. The zero-order valence-corrected chi connectivity index (χ0v) is 8.24. The van der Waals surface area contributed by atoms with Gasteiger partial charge in [-0.2, -0.15) is 0 Å². The Morgan fingerprint density at radius 1 is 1.29 bits per heavy atom. The van der Waals surface area contributed by atoms with E-state index in [-0.39, 0.29) is 11.5 Å². The van der Waals surface area contributed by atoms with E-state index in [0.29, 0.717) is 0 Å². The van der Waals surface area contributed by atoms with Crippen molar-refractivity contribution in [3.05, 3.63) is 35.9 Å². The van der Waals surface area contributed by atoms with Gasteiger partial charge in [-0.05, 0) is 18.4 Å². The van der Waals surface area contributed by atoms with Gasteiger partial charge in [-0.15, -0.1) is 6.42 Å². The summed E-state index contributed by atoms with van der Waals surface area (Å²) < 4.78 is 0. The molecule has 2 rings (SSSR count). The maximum absolute atomic E-state index is 6.01. The molecule has 1 aliphatic rings. The minimum atomic E-state index is -0.140. The van der Waals surface area contributed by atoms with Crippen molar-refractivity contribution >= 4 is 0 Å². The second kappa shape index (κ2) is 3.48. The van der Waals surface area contributed by atoms with Crippen LogP contribution in [0.3, 0.4) is 0 Å². The molecule has 1 fully saturated rings. The quantitative estimate of drug-likeness (QED) is 0.701. The molecule has 0 saturated heterocycles. The molecule has 14 heavy (non-hydrogen) atoms. The third-order valence-corrected chi connectivity index (χ3v) is 3.37. The highest BCUT2D eigenvalue weighted by atomic mass is 14.7. The lowest BCUT2D eigenvalue weighted by molar-refractivity contribution is 0.224. The molecular formula is C13H15N. The van der Waals surface area contributed by atoms with Gasteiger partial charge in [0.2, 0.25) is 0 Å². The molecule has 1 aromatic rings. The van der Waals surface area contributed by atoms with Crippen molar-refractivity contribution in [2.45, 2.75) is 30.7 Å². The van der Waals surface area contributed by atoms with Gasteiger partial charge in [-0.25, -0.2) is 0 Å². The van der Waals surface area contributed by atoms with Crippen LogP contribution in [0.5, 0.6) is 0 Å². The summed E-state index contributed by atoms with van der Waals surface area (Å²) in [4.78, 5) is 0. The largest absolute Gasteiger partial charge is 0.317 e. The molecule has 1 aliphatic carbocycles. The normalized spacial score (nSPS) is 20.6. The maximum atomic E-state index is 6.01. The van der Waals surface area contributed by atoms with Crippen molar-refractivity contribution in [1.82, 2.24) is 0 Å². The third-order valence-electron chi connectivity index (χ3n) is 3.37. The Morgan fingerprint density at radius 3 is 2.36 bits per heavy atom. The first-order valence-corrected chi connectivity index (χ1v) is 5.07. The van der Waals surface area contributed by atoms with Crippen LogP contribution in [-0.4, -0.2) is 6.04 Å². The first-order valence-electron chi connectivity index (χ1n) is 5.07. The molecule has 0 aliphatic heterocycles. The van der Waals surface area contributed by atoms with E-state index in [1.807, 2.05) is 6.07 Å². The van der Waals surface area contributed by atoms with Gasteiger partial charge >= 0.3 is 0 Å². The Bertz CT molecular complexity index is 343. The Hall–Kier alpha value is -1.26. The highest BCUT2D eigenvalue weighted by Gasteiger charge is 2.43. The summed E-state index contributed by atoms with van der Waals surface area (Å²) in [6.45, 7) is 0. The van der Waals surface area contributed by atoms with Crippen LogP contribution in [0.2, 0.25) is 0 Å². The highest BCUT2D eigenvalue weighted by molar-refractivity contribution is 5.33. The van der Waals surface area contributed by atoms with Gasteiger partial charge < -0.3 is 5.73 Å². The van der Waals surface area contributed by atoms with Crippen LogP contribution in [0.15, 0.2) is 30.3 Å². The van der Waals surface area contributed by atoms with Crippen molar-refractivity contribution in [1.29, 1.82) is 0 Å². The van der Waals surface area contributed by atoms with E-state index in [1.54, 1.807) is 0 Å². The number of hydrogen-bond donors (Lipinski definition) is 1. The van der Waals surface area contributed by atoms with E-state index < -0.39 is 0 Å². The van der Waals surface area contributed by atoms with Gasteiger partial charge in [0.15, 0.2) is 0 Å². The molecule has 0 bridgehead atoms. The van der Waals surface area contributed by atoms with Gasteiger partial charge in [-0.1, -0.05) is 42.7 Å². The zero-order chi connectivity index (χ0) is 10.0. The van der Waals surface area contributed by atoms with Crippen molar-refractivity contribution in [2.75, 3.05) is 0 Å². The molecule has 2 N–H and O–H groups in total. The number of hydrogen-bond acceptors (Lipinski definition) is 1. The number of rotatable bonds is 2. The minimum Gasteiger partial charge on any atom is -0.317 e. The van der Waals surface area contributed by atoms with Crippen LogP contribution in [0.4, 0.5) is 0 Å². The smallest absolute Gasteiger partial charge is 0.0759 e. The third kappa shape index (κ3) is 1.23. The van der Waals surface area contributed by atoms with Crippen LogP contribution < -0.4 is 5.73 Å². The SMILES string of the molecule is C#CC(N)C1(c2ccccc2)CCC1. The predicted octanol–water partition coefficient (Wildman–Crippen LogP) is 2.07. The first-order chi connectivity index (χ1) is 6.79. The van der Waals surface area contributed by atoms with E-state index in [9.17, 15) is 0 Å². The van der Waals surface area contributed by atoms with E-state index in [4.69, 9.17) is 12.2 Å². The maximum Gasteiger partial charge on any atom is 0.0759 e. The lowest BCUT2D eigenvalue weighted by Gasteiger charge is -2.45. The summed E-state index contributed by atoms with van der Waals surface area (Å²) in [6, 6.07) is 10.3. The van der Waals surface area contributed by atoms with Crippen LogP contribution in [0, 0.1) is 12.3 Å². The van der Waals surface area contributed by atoms with Crippen LogP contribution in [-0.2, 0) is 5.41 Å². The highest BCUT2D eigenvalue weighted by Crippen LogP contribution is 2.45. The molecule has 1 saturated carbocycles. The summed E-state index contributed by atoms with van der Waals surface area (Å²) >= 11 is 0. The van der Waals surface area contributed by atoms with Crippen molar-refractivity contribution in [3.8, 4) is 12.3 Å². The van der Waals surface area contributed by atoms with E-state index in [1.165, 1.54) is 12.0 Å². The fourth-order valence-electron chi connectivity index (χ4n) is 2.27. The molecule has 1 aromatic carbocycles. The minimum absolute atomic E-state index is 0.0655. The van der Waals surface area contributed by atoms with Gasteiger partial charge in [0.1, 0.15) is 0 Å². The van der Waals surface area contributed by atoms with Gasteiger partial charge in [0.05, 0.1) is 6.04 Å². The monoisotopic (exact) mass is 185 g/mol. The standard InChI is InChI=1S/C13H15N/c1-2-12(14)13(9-6-10-13)11-7-4-3-5-8-11/h1,3-5,7-8,12H,6,9-10,14H2. The first kappa shape index (κ1) is 9.30. The van der Waals surface area contributed by atoms with Crippen molar-refractivity contribution in [2.24, 2.45) is 5.73 Å². The zero-order valence-electron chi connectivity index (χ0n) is 8.24. The molecule has 0 heterocycles. The molecule has 1 nitrogen and oxygen atoms in total. The van der Waals surface area contributed by atoms with Crippen molar-refractivity contribution < 1.29 is 0 Å². The molecular weight excluding hydrogens is 170 g/mol. The molecule has 0 amide bonds. The second-order valence-electron chi connectivity index (χ2n) is 4.02. The van der Waals surface area contributed by atoms with E-state index in [2.05, 4.69) is 30.2 Å². The number of terminal acetylenes is 1. The number of benzene rings is 1. The van der Waals surface area contributed by atoms with Crippen molar-refractivity contribution in [3.63, 3.8) is 0 Å². The molecule has 0 spiro atoms. The van der Waals surface area contributed by atoms with Crippen LogP contribution >= 0.6 is 0 Å². The van der Waals surface area contributed by atoms with Gasteiger partial charge in [0, 0.05) is 5.41 Å². The van der Waals surface area contributed by atoms with Gasteiger partial charge in [-0.3, -0.25) is 0 Å². The fraction of sp³-hybridized carbons (Fsp3) is 0.385. The Kier molecular flexibility index (Phi) is 2.31. The van der Waals surface area contributed by atoms with Gasteiger partial charge in [0.25, 0.3) is 0 Å². The van der Waals surface area contributed by atoms with Crippen LogP contribution in [0.1, 0.15) is 24.8 Å². The molecule has 1 unspecified atom stereocenters. The molecule has 1 heteroatoms. The summed E-state index contributed by atoms with van der Waals surface area (Å²) in [5.41, 5.74) is 7.38. The Morgan fingerprint density at radius 2 is 1.93 bits per heavy atom. The summed E-state index contributed by atoms with van der Waals surface area (Å²) in [5, 5.41) is 0. The molecule has 0 aromatic heterocycles. The van der Waals surface area contributed by atoms with Crippen LogP contribution in [0.25, 0.3) is 0 Å². The average Bonchev–Trinajstić information content (AvgIpc) is 2.17. The number of nitrogens with two attached hydrogens (primary N) is 1. The predicted molar refractivity (Wildman–Crippen MR) is 58.8 cm³/mol. The summed E-state index contributed by atoms with van der Waals surface area (Å²) in [6.07, 6.45) is 8.93. The van der Waals surface area contributed by atoms with E-state index >= 15 is 0 Å². The lowest BCUT2D eigenvalue weighted by atomic mass is 9.60.